The van der Waals surface area contributed by atoms with Gasteiger partial charge in [0.1, 0.15) is 29.4 Å². The summed E-state index contributed by atoms with van der Waals surface area (Å²) in [6, 6.07) is 35.1. The van der Waals surface area contributed by atoms with Crippen LogP contribution in [0.25, 0.3) is 11.2 Å². The smallest absolute Gasteiger partial charge is 0.280 e. The number of amides is 1. The van der Waals surface area contributed by atoms with E-state index in [0.717, 1.165) is 22.3 Å². The maximum absolute atomic E-state index is 14.0. The molecule has 0 radical (unpaired) electrons. The summed E-state index contributed by atoms with van der Waals surface area (Å²) in [6.45, 7) is 11.8. The molecule has 1 saturated heterocycles. The third-order valence-electron chi connectivity index (χ3n) is 11.7. The van der Waals surface area contributed by atoms with Crippen molar-refractivity contribution in [3.8, 4) is 17.6 Å². The number of imidazole rings is 1. The molecular weight excluding hydrogens is 910 g/mol. The van der Waals surface area contributed by atoms with E-state index in [1.807, 2.05) is 110 Å². The first-order valence-electron chi connectivity index (χ1n) is 23.2. The van der Waals surface area contributed by atoms with Crippen molar-refractivity contribution < 1.29 is 32.8 Å². The molecule has 18 heteroatoms. The minimum atomic E-state index is -1.80. The van der Waals surface area contributed by atoms with Crippen LogP contribution in [0.1, 0.15) is 75.9 Å². The number of aromatic nitrogens is 4. The van der Waals surface area contributed by atoms with E-state index in [1.54, 1.807) is 37.8 Å². The Labute approximate surface area is 410 Å². The van der Waals surface area contributed by atoms with E-state index in [1.165, 1.54) is 18.2 Å². The van der Waals surface area contributed by atoms with E-state index in [-0.39, 0.29) is 67.1 Å². The average Bonchev–Trinajstić information content (AvgIpc) is 3.92. The van der Waals surface area contributed by atoms with Crippen LogP contribution in [0.2, 0.25) is 0 Å². The Morgan fingerprint density at radius 3 is 2.07 bits per heavy atom. The lowest BCUT2D eigenvalue weighted by Gasteiger charge is -2.39. The molecule has 6 aromatic rings. The number of nitrogens with zero attached hydrogens (tertiary/aromatic N) is 8. The molecule has 1 unspecified atom stereocenters. The van der Waals surface area contributed by atoms with Crippen molar-refractivity contribution in [3.05, 3.63) is 136 Å². The number of benzene rings is 4. The Bertz CT molecular complexity index is 2760. The Balaban J connectivity index is 1.43. The molecule has 1 aliphatic rings. The molecule has 368 valence electrons. The molecule has 17 nitrogen and oxygen atoms in total. The van der Waals surface area contributed by atoms with Gasteiger partial charge in [0.25, 0.3) is 14.1 Å². The van der Waals surface area contributed by atoms with E-state index >= 15 is 0 Å². The molecule has 0 spiro atoms. The van der Waals surface area contributed by atoms with Crippen LogP contribution in [-0.4, -0.2) is 107 Å². The van der Waals surface area contributed by atoms with Crippen molar-refractivity contribution in [2.45, 2.75) is 90.5 Å². The van der Waals surface area contributed by atoms with Crippen LogP contribution in [0.5, 0.6) is 11.5 Å². The molecule has 3 heterocycles. The van der Waals surface area contributed by atoms with Crippen LogP contribution in [0.3, 0.4) is 0 Å². The molecule has 1 fully saturated rings. The fourth-order valence-electron chi connectivity index (χ4n) is 8.56. The van der Waals surface area contributed by atoms with Crippen LogP contribution < -0.4 is 19.9 Å². The van der Waals surface area contributed by atoms with Crippen LogP contribution in [0.15, 0.2) is 113 Å². The van der Waals surface area contributed by atoms with Gasteiger partial charge in [-0.1, -0.05) is 72.3 Å². The molecule has 0 bridgehead atoms. The predicted octanol–water partition coefficient (Wildman–Crippen LogP) is 9.31. The fourth-order valence-corrected chi connectivity index (χ4v) is 10.3. The number of hydrogen-bond donors (Lipinski definition) is 1. The highest BCUT2D eigenvalue weighted by Gasteiger charge is 2.46. The summed E-state index contributed by atoms with van der Waals surface area (Å²) in [6.07, 6.45) is -0.639. The molecule has 2 aromatic heterocycles. The summed E-state index contributed by atoms with van der Waals surface area (Å²) in [4.78, 5) is 47.9. The van der Waals surface area contributed by atoms with Gasteiger partial charge in [0.2, 0.25) is 17.8 Å². The molecule has 4 aromatic carbocycles. The van der Waals surface area contributed by atoms with Gasteiger partial charge in [0.15, 0.2) is 11.2 Å². The Morgan fingerprint density at radius 2 is 1.53 bits per heavy atom. The third kappa shape index (κ3) is 11.2. The van der Waals surface area contributed by atoms with E-state index in [0.29, 0.717) is 17.2 Å². The molecule has 1 amide bonds. The summed E-state index contributed by atoms with van der Waals surface area (Å²) in [5.41, 5.74) is 2.33. The van der Waals surface area contributed by atoms with Gasteiger partial charge in [0, 0.05) is 39.5 Å². The lowest BCUT2D eigenvalue weighted by Crippen LogP contribution is -2.39. The van der Waals surface area contributed by atoms with Crippen molar-refractivity contribution in [3.63, 3.8) is 0 Å². The standard InChI is InChI=1S/C52H62N9O8P/c1-34(2)61(35(3)4)70(67-30-14-29-53)69-44-31-46(60-48-47(49(63)57-50(56-48)54-33-58(7)8)55-51(60)59(37(6)62)41-23-17-36(5)18-24-41)68-45(44)32-66-52(38-15-12-11-13-16-38,39-19-25-42(64-9)26-20-39)40-21-27-43(65-10)28-22-40/h11-13,15-28,33-35,44-46H,14,30-32H2,1-10H3,(H,56,57,63)/b54-33+/t44-,45+,46+,70?/m0/s1. The number of aromatic amines is 1. The van der Waals surface area contributed by atoms with Crippen molar-refractivity contribution >= 4 is 49.5 Å². The molecule has 0 saturated carbocycles. The Hall–Kier alpha value is -6.51. The number of aryl methyl sites for hydroxylation is 1. The minimum Gasteiger partial charge on any atom is -0.497 e. The highest BCUT2D eigenvalue weighted by Crippen LogP contribution is 2.51. The second-order valence-electron chi connectivity index (χ2n) is 17.6. The van der Waals surface area contributed by atoms with Crippen molar-refractivity contribution in [1.82, 2.24) is 29.1 Å². The summed E-state index contributed by atoms with van der Waals surface area (Å²) < 4.78 is 43.4. The lowest BCUT2D eigenvalue weighted by molar-refractivity contribution is -0.116. The number of anilines is 2. The largest absolute Gasteiger partial charge is 0.497 e. The van der Waals surface area contributed by atoms with Crippen LogP contribution in [0, 0.1) is 18.3 Å². The number of fused-ring (bicyclic) bond motifs is 1. The zero-order chi connectivity index (χ0) is 50.1. The Morgan fingerprint density at radius 1 is 0.929 bits per heavy atom. The average molecular weight is 972 g/mol. The molecule has 0 aliphatic carbocycles. The summed E-state index contributed by atoms with van der Waals surface area (Å²) in [5.74, 6) is 1.13. The number of nitriles is 1. The topological polar surface area (TPSA) is 182 Å². The maximum atomic E-state index is 14.0. The second-order valence-corrected chi connectivity index (χ2v) is 19.0. The van der Waals surface area contributed by atoms with E-state index in [2.05, 4.69) is 48.4 Å². The number of carbonyl (C=O) groups is 1. The third-order valence-corrected chi connectivity index (χ3v) is 13.9. The van der Waals surface area contributed by atoms with Gasteiger partial charge in [-0.3, -0.25) is 24.0 Å². The number of aliphatic imine (C=N–C) groups is 1. The van der Waals surface area contributed by atoms with Gasteiger partial charge in [-0.2, -0.15) is 10.2 Å². The van der Waals surface area contributed by atoms with Gasteiger partial charge >= 0.3 is 0 Å². The number of nitrogens with one attached hydrogen (secondary N) is 1. The minimum absolute atomic E-state index is 0.00298. The summed E-state index contributed by atoms with van der Waals surface area (Å²) >= 11 is 0. The number of H-pyrrole nitrogens is 1. The number of rotatable bonds is 21. The highest BCUT2D eigenvalue weighted by molar-refractivity contribution is 7.44. The van der Waals surface area contributed by atoms with Gasteiger partial charge in [-0.15, -0.1) is 0 Å². The summed E-state index contributed by atoms with van der Waals surface area (Å²) in [5, 5.41) is 9.58. The SMILES string of the molecule is COc1ccc(C(OC[C@H]2O[C@@H](n3c(N(C(C)=O)c4ccc(C)cc4)nc4c(=O)[nH]c(/N=C/N(C)C)nc43)C[C@@H]2OP(OCCC#N)N(C(C)C)C(C)C)(c2ccccc2)c2ccc(OC)cc2)cc1. The van der Waals surface area contributed by atoms with E-state index in [4.69, 9.17) is 38.0 Å². The first-order valence-corrected chi connectivity index (χ1v) is 24.3. The normalized spacial score (nSPS) is 16.6. The van der Waals surface area contributed by atoms with Gasteiger partial charge < -0.3 is 32.9 Å². The first kappa shape index (κ1) is 51.3. The van der Waals surface area contributed by atoms with E-state index < -0.39 is 38.1 Å². The molecule has 7 rings (SSSR count). The highest BCUT2D eigenvalue weighted by atomic mass is 31.2. The quantitative estimate of drug-likeness (QED) is 0.0237. The number of ether oxygens (including phenoxy) is 4. The molecule has 1 N–H and O–H groups in total. The van der Waals surface area contributed by atoms with Crippen LogP contribution in [0.4, 0.5) is 17.6 Å². The number of methoxy groups -OCH3 is 2. The Kier molecular flexibility index (Phi) is 16.8. The van der Waals surface area contributed by atoms with Crippen LogP contribution >= 0.6 is 8.53 Å². The van der Waals surface area contributed by atoms with Gasteiger partial charge in [-0.05, 0) is 87.7 Å². The number of carbonyl (C=O) groups excluding carboxylic acids is 1. The fraction of sp³-hybridized carbons (Fsp3) is 0.385. The predicted molar refractivity (Wildman–Crippen MR) is 271 cm³/mol. The van der Waals surface area contributed by atoms with Crippen molar-refractivity contribution in [2.24, 2.45) is 4.99 Å². The van der Waals surface area contributed by atoms with E-state index in [9.17, 15) is 14.9 Å². The monoisotopic (exact) mass is 971 g/mol. The van der Waals surface area contributed by atoms with Crippen molar-refractivity contribution in [1.29, 1.82) is 5.26 Å². The second kappa shape index (κ2) is 22.9. The molecule has 70 heavy (non-hydrogen) atoms. The molecule has 1 aliphatic heterocycles. The van der Waals surface area contributed by atoms with Crippen LogP contribution in [-0.2, 0) is 28.9 Å². The summed E-state index contributed by atoms with van der Waals surface area (Å²) in [7, 11) is 5.06. The first-order chi connectivity index (χ1) is 33.7. The molecular formula is C52H62N9O8P. The lowest BCUT2D eigenvalue weighted by atomic mass is 9.80. The number of hydrogen-bond acceptors (Lipinski definition) is 13. The zero-order valence-electron chi connectivity index (χ0n) is 41.4. The van der Waals surface area contributed by atoms with Crippen molar-refractivity contribution in [2.75, 3.05) is 46.4 Å². The zero-order valence-corrected chi connectivity index (χ0v) is 42.3. The van der Waals surface area contributed by atoms with Gasteiger partial charge in [0.05, 0.1) is 58.1 Å². The van der Waals surface area contributed by atoms with Gasteiger partial charge in [-0.25, -0.2) is 14.6 Å². The molecule has 4 atom stereocenters. The maximum Gasteiger partial charge on any atom is 0.280 e.